The normalized spacial score (nSPS) is 25.5. The van der Waals surface area contributed by atoms with Gasteiger partial charge in [0.1, 0.15) is 17.3 Å². The Morgan fingerprint density at radius 2 is 1.88 bits per heavy atom. The van der Waals surface area contributed by atoms with E-state index >= 15 is 0 Å². The predicted molar refractivity (Wildman–Crippen MR) is 124 cm³/mol. The summed E-state index contributed by atoms with van der Waals surface area (Å²) in [7, 11) is 0. The van der Waals surface area contributed by atoms with Crippen LogP contribution >= 0.6 is 0 Å². The van der Waals surface area contributed by atoms with Crippen LogP contribution in [0.2, 0.25) is 0 Å². The largest absolute Gasteiger partial charge is 0.465 e. The van der Waals surface area contributed by atoms with Crippen LogP contribution in [0.25, 0.3) is 0 Å². The molecule has 3 aliphatic heterocycles. The highest BCUT2D eigenvalue weighted by Crippen LogP contribution is 2.58. The summed E-state index contributed by atoms with van der Waals surface area (Å²) >= 11 is 0. The molecule has 3 unspecified atom stereocenters. The van der Waals surface area contributed by atoms with E-state index in [0.29, 0.717) is 5.84 Å². The lowest BCUT2D eigenvalue weighted by Gasteiger charge is -2.49. The van der Waals surface area contributed by atoms with Crippen LogP contribution < -0.4 is 4.74 Å². The van der Waals surface area contributed by atoms with Gasteiger partial charge in [-0.25, -0.2) is 4.79 Å². The second kappa shape index (κ2) is 7.84. The van der Waals surface area contributed by atoms with E-state index in [4.69, 9.17) is 10.1 Å². The smallest absolute Gasteiger partial charge is 0.408 e. The number of nitrogens with one attached hydrogen (secondary N) is 1. The molecule has 5 rings (SSSR count). The molecule has 6 nitrogen and oxygen atoms in total. The molecule has 0 aliphatic carbocycles. The van der Waals surface area contributed by atoms with Crippen molar-refractivity contribution < 1.29 is 14.6 Å². The van der Waals surface area contributed by atoms with Crippen LogP contribution in [0.15, 0.2) is 42.5 Å². The standard InChI is InChI=1S/C26H31N3O3/c1-3-28(4-2)24(27)17-11-12-20-22(16-17)32-21-10-6-5-9-19(21)23(20)26-14-7-8-18(13-15-26)29(26)25(30)31/h5-6,9-12,16,18,23,27H,3-4,7-8,13-15H2,1-2H3,(H,30,31). The number of hydrogen-bond acceptors (Lipinski definition) is 3. The highest BCUT2D eigenvalue weighted by Gasteiger charge is 2.57. The fourth-order valence-corrected chi connectivity index (χ4v) is 6.37. The van der Waals surface area contributed by atoms with Crippen LogP contribution in [0.5, 0.6) is 11.5 Å². The molecule has 2 aromatic rings. The van der Waals surface area contributed by atoms with Crippen LogP contribution in [0.1, 0.15) is 68.6 Å². The summed E-state index contributed by atoms with van der Waals surface area (Å²) in [6.07, 6.45) is 3.86. The molecular formula is C26H31N3O3. The number of para-hydroxylation sites is 1. The summed E-state index contributed by atoms with van der Waals surface area (Å²) in [5.41, 5.74) is 2.48. The van der Waals surface area contributed by atoms with Gasteiger partial charge < -0.3 is 14.7 Å². The van der Waals surface area contributed by atoms with Crippen LogP contribution in [0, 0.1) is 5.41 Å². The first-order chi connectivity index (χ1) is 15.5. The van der Waals surface area contributed by atoms with Gasteiger partial charge in [-0.1, -0.05) is 30.3 Å². The van der Waals surface area contributed by atoms with Crippen molar-refractivity contribution in [3.63, 3.8) is 0 Å². The fraction of sp³-hybridized carbons (Fsp3) is 0.462. The molecule has 3 atom stereocenters. The zero-order valence-electron chi connectivity index (χ0n) is 18.8. The average Bonchev–Trinajstić information content (AvgIpc) is 3.04. The van der Waals surface area contributed by atoms with Crippen molar-refractivity contribution in [3.05, 3.63) is 59.2 Å². The van der Waals surface area contributed by atoms with E-state index in [2.05, 4.69) is 26.0 Å². The number of fused-ring (bicyclic) bond motifs is 4. The molecule has 3 heterocycles. The highest BCUT2D eigenvalue weighted by molar-refractivity contribution is 5.97. The van der Waals surface area contributed by atoms with Crippen molar-refractivity contribution in [2.24, 2.45) is 0 Å². The van der Waals surface area contributed by atoms with Gasteiger partial charge >= 0.3 is 6.09 Å². The number of piperidine rings is 1. The third-order valence-electron chi connectivity index (χ3n) is 7.77. The number of ether oxygens (including phenoxy) is 1. The molecule has 6 heteroatoms. The summed E-state index contributed by atoms with van der Waals surface area (Å²) < 4.78 is 6.35. The molecule has 2 bridgehead atoms. The minimum Gasteiger partial charge on any atom is -0.465 e. The molecule has 32 heavy (non-hydrogen) atoms. The Morgan fingerprint density at radius 1 is 1.12 bits per heavy atom. The molecule has 2 aromatic carbocycles. The molecule has 2 fully saturated rings. The van der Waals surface area contributed by atoms with E-state index in [0.717, 1.165) is 73.4 Å². The lowest BCUT2D eigenvalue weighted by molar-refractivity contribution is 0.0410. The maximum atomic E-state index is 12.4. The minimum atomic E-state index is -0.808. The van der Waals surface area contributed by atoms with Gasteiger partial charge in [-0.05, 0) is 58.1 Å². The Hall–Kier alpha value is -3.02. The van der Waals surface area contributed by atoms with Gasteiger partial charge in [0.25, 0.3) is 0 Å². The van der Waals surface area contributed by atoms with Crippen LogP contribution in [-0.4, -0.2) is 51.5 Å². The van der Waals surface area contributed by atoms with Gasteiger partial charge in [0.15, 0.2) is 0 Å². The van der Waals surface area contributed by atoms with Gasteiger partial charge in [-0.2, -0.15) is 0 Å². The summed E-state index contributed by atoms with van der Waals surface area (Å²) in [6.45, 7) is 5.66. The Morgan fingerprint density at radius 3 is 2.62 bits per heavy atom. The van der Waals surface area contributed by atoms with Crippen LogP contribution in [-0.2, 0) is 0 Å². The van der Waals surface area contributed by atoms with Gasteiger partial charge in [-0.15, -0.1) is 0 Å². The Labute approximate surface area is 189 Å². The van der Waals surface area contributed by atoms with Gasteiger partial charge in [-0.3, -0.25) is 10.3 Å². The van der Waals surface area contributed by atoms with Crippen LogP contribution in [0.3, 0.4) is 0 Å². The zero-order chi connectivity index (χ0) is 22.5. The summed E-state index contributed by atoms with van der Waals surface area (Å²) in [5.74, 6) is 1.96. The molecule has 2 saturated heterocycles. The van der Waals surface area contributed by atoms with Crippen LogP contribution in [0.4, 0.5) is 4.79 Å². The van der Waals surface area contributed by atoms with E-state index in [-0.39, 0.29) is 12.0 Å². The third-order valence-corrected chi connectivity index (χ3v) is 7.77. The molecule has 0 aromatic heterocycles. The van der Waals surface area contributed by atoms with E-state index in [1.807, 2.05) is 35.2 Å². The lowest BCUT2D eigenvalue weighted by atomic mass is 9.69. The van der Waals surface area contributed by atoms with Gasteiger partial charge in [0.05, 0.1) is 5.54 Å². The molecule has 3 aliphatic rings. The number of amides is 1. The minimum absolute atomic E-state index is 0.0689. The number of nitrogens with zero attached hydrogens (tertiary/aromatic N) is 2. The Kier molecular flexibility index (Phi) is 5.11. The predicted octanol–water partition coefficient (Wildman–Crippen LogP) is 5.66. The second-order valence-corrected chi connectivity index (χ2v) is 9.19. The number of carbonyl (C=O) groups is 1. The van der Waals surface area contributed by atoms with Crippen molar-refractivity contribution in [2.75, 3.05) is 13.1 Å². The van der Waals surface area contributed by atoms with Gasteiger partial charge in [0, 0.05) is 41.7 Å². The zero-order valence-corrected chi connectivity index (χ0v) is 18.8. The number of carboxylic acid groups (broad SMARTS) is 1. The molecule has 168 valence electrons. The monoisotopic (exact) mass is 433 g/mol. The SMILES string of the molecule is CCN(CC)C(=N)c1ccc2c(c1)Oc1ccccc1C2C12CCCC(CC1)N2C(=O)O. The summed E-state index contributed by atoms with van der Waals surface area (Å²) in [6, 6.07) is 14.2. The first-order valence-corrected chi connectivity index (χ1v) is 11.8. The first-order valence-electron chi connectivity index (χ1n) is 11.8. The highest BCUT2D eigenvalue weighted by atomic mass is 16.5. The third kappa shape index (κ3) is 2.99. The number of benzene rings is 2. The number of hydrogen-bond donors (Lipinski definition) is 2. The van der Waals surface area contributed by atoms with E-state index in [9.17, 15) is 9.90 Å². The maximum Gasteiger partial charge on any atom is 0.408 e. The molecule has 0 spiro atoms. The van der Waals surface area contributed by atoms with Crippen molar-refractivity contribution in [1.82, 2.24) is 9.80 Å². The van der Waals surface area contributed by atoms with E-state index in [1.54, 1.807) is 4.90 Å². The van der Waals surface area contributed by atoms with Crippen molar-refractivity contribution in [3.8, 4) is 11.5 Å². The Balaban J connectivity index is 1.65. The summed E-state index contributed by atoms with van der Waals surface area (Å²) in [4.78, 5) is 16.2. The molecular weight excluding hydrogens is 402 g/mol. The second-order valence-electron chi connectivity index (χ2n) is 9.19. The lowest BCUT2D eigenvalue weighted by Crippen LogP contribution is -2.56. The van der Waals surface area contributed by atoms with Crippen molar-refractivity contribution >= 4 is 11.9 Å². The molecule has 2 N–H and O–H groups in total. The van der Waals surface area contributed by atoms with Gasteiger partial charge in [0.2, 0.25) is 0 Å². The summed E-state index contributed by atoms with van der Waals surface area (Å²) in [5, 5.41) is 18.9. The quantitative estimate of drug-likeness (QED) is 0.482. The van der Waals surface area contributed by atoms with E-state index < -0.39 is 11.6 Å². The first kappa shape index (κ1) is 20.9. The average molecular weight is 434 g/mol. The molecule has 0 saturated carbocycles. The molecule has 1 amide bonds. The van der Waals surface area contributed by atoms with E-state index in [1.165, 1.54) is 0 Å². The fourth-order valence-electron chi connectivity index (χ4n) is 6.37. The topological polar surface area (TPSA) is 76.9 Å². The van der Waals surface area contributed by atoms with Crippen molar-refractivity contribution in [1.29, 1.82) is 5.41 Å². The number of amidine groups is 1. The maximum absolute atomic E-state index is 12.4. The Bertz CT molecular complexity index is 1060. The van der Waals surface area contributed by atoms with Crippen molar-refractivity contribution in [2.45, 2.75) is 63.5 Å². The number of rotatable bonds is 4. The molecule has 0 radical (unpaired) electrons.